The summed E-state index contributed by atoms with van der Waals surface area (Å²) >= 11 is 11.1. The fourth-order valence-electron chi connectivity index (χ4n) is 2.44. The molecule has 1 amide bonds. The molecule has 5 nitrogen and oxygen atoms in total. The van der Waals surface area contributed by atoms with E-state index in [-0.39, 0.29) is 11.9 Å². The number of carbonyl (C=O) groups is 1. The van der Waals surface area contributed by atoms with Crippen LogP contribution in [0.5, 0.6) is 0 Å². The number of aromatic amines is 1. The molecule has 124 valence electrons. The minimum Gasteiger partial charge on any atom is -0.342 e. The van der Waals surface area contributed by atoms with Crippen molar-refractivity contribution in [3.05, 3.63) is 45.4 Å². The highest BCUT2D eigenvalue weighted by atomic mass is 35.5. The Hall–Kier alpha value is -1.66. The van der Waals surface area contributed by atoms with Crippen LogP contribution in [0.2, 0.25) is 5.02 Å². The van der Waals surface area contributed by atoms with E-state index in [0.717, 1.165) is 12.2 Å². The molecule has 0 aliphatic rings. The van der Waals surface area contributed by atoms with Crippen molar-refractivity contribution in [3.8, 4) is 0 Å². The first-order chi connectivity index (χ1) is 10.9. The minimum atomic E-state index is -0.203. The van der Waals surface area contributed by atoms with Crippen LogP contribution >= 0.6 is 23.8 Å². The van der Waals surface area contributed by atoms with Gasteiger partial charge in [0.15, 0.2) is 10.6 Å². The summed E-state index contributed by atoms with van der Waals surface area (Å²) in [5.74, 6) is 1.01. The summed E-state index contributed by atoms with van der Waals surface area (Å²) in [4.78, 5) is 12.5. The van der Waals surface area contributed by atoms with E-state index in [1.807, 2.05) is 11.5 Å². The van der Waals surface area contributed by atoms with Gasteiger partial charge in [0.1, 0.15) is 0 Å². The average molecular weight is 353 g/mol. The van der Waals surface area contributed by atoms with Gasteiger partial charge in [-0.05, 0) is 55.7 Å². The number of benzene rings is 1. The second-order valence-electron chi connectivity index (χ2n) is 5.79. The highest BCUT2D eigenvalue weighted by Crippen LogP contribution is 2.21. The summed E-state index contributed by atoms with van der Waals surface area (Å²) < 4.78 is 2.47. The molecule has 23 heavy (non-hydrogen) atoms. The van der Waals surface area contributed by atoms with Crippen LogP contribution in [-0.4, -0.2) is 20.7 Å². The Morgan fingerprint density at radius 2 is 2.04 bits per heavy atom. The van der Waals surface area contributed by atoms with E-state index in [2.05, 4.69) is 29.4 Å². The van der Waals surface area contributed by atoms with Crippen molar-refractivity contribution in [1.82, 2.24) is 20.1 Å². The molecule has 0 unspecified atom stereocenters. The number of hydrogen-bond donors (Lipinski definition) is 2. The molecule has 7 heteroatoms. The van der Waals surface area contributed by atoms with Gasteiger partial charge in [0.2, 0.25) is 0 Å². The molecule has 0 spiro atoms. The van der Waals surface area contributed by atoms with E-state index in [1.165, 1.54) is 0 Å². The largest absolute Gasteiger partial charge is 0.342 e. The van der Waals surface area contributed by atoms with Crippen molar-refractivity contribution < 1.29 is 4.79 Å². The highest BCUT2D eigenvalue weighted by Gasteiger charge is 2.22. The summed E-state index contributed by atoms with van der Waals surface area (Å²) in [6, 6.07) is 6.62. The summed E-state index contributed by atoms with van der Waals surface area (Å²) in [6.07, 6.45) is 0.777. The number of carbonyl (C=O) groups excluding carboxylic acids is 1. The predicted octanol–water partition coefficient (Wildman–Crippen LogP) is 4.13. The molecule has 1 aromatic heterocycles. The number of H-pyrrole nitrogens is 1. The molecule has 1 atom stereocenters. The molecule has 2 rings (SSSR count). The number of halogens is 1. The van der Waals surface area contributed by atoms with Crippen LogP contribution in [0.4, 0.5) is 0 Å². The number of amides is 1. The lowest BCUT2D eigenvalue weighted by atomic mass is 10.0. The van der Waals surface area contributed by atoms with Gasteiger partial charge < -0.3 is 9.88 Å². The quantitative estimate of drug-likeness (QED) is 0.768. The van der Waals surface area contributed by atoms with Gasteiger partial charge in [0.05, 0.1) is 6.04 Å². The summed E-state index contributed by atoms with van der Waals surface area (Å²) in [6.45, 7) is 6.93. The second-order valence-corrected chi connectivity index (χ2v) is 6.62. The first-order valence-electron chi connectivity index (χ1n) is 7.63. The summed E-state index contributed by atoms with van der Waals surface area (Å²) in [7, 11) is 0. The maximum atomic E-state index is 12.5. The van der Waals surface area contributed by atoms with Crippen LogP contribution in [0, 0.1) is 10.7 Å². The van der Waals surface area contributed by atoms with Crippen molar-refractivity contribution in [2.75, 3.05) is 0 Å². The van der Waals surface area contributed by atoms with Crippen molar-refractivity contribution in [2.24, 2.45) is 5.92 Å². The molecule has 0 aliphatic heterocycles. The Balaban J connectivity index is 2.26. The Labute approximate surface area is 146 Å². The van der Waals surface area contributed by atoms with E-state index in [1.54, 1.807) is 24.3 Å². The summed E-state index contributed by atoms with van der Waals surface area (Å²) in [5.41, 5.74) is 0.570. The molecule has 0 aliphatic carbocycles. The fraction of sp³-hybridized carbons (Fsp3) is 0.438. The molecule has 0 saturated carbocycles. The molecular formula is C16H21ClN4OS. The van der Waals surface area contributed by atoms with Crippen LogP contribution < -0.4 is 5.32 Å². The lowest BCUT2D eigenvalue weighted by Crippen LogP contribution is -2.31. The third-order valence-corrected chi connectivity index (χ3v) is 4.10. The molecule has 2 N–H and O–H groups in total. The van der Waals surface area contributed by atoms with Gasteiger partial charge in [-0.15, -0.1) is 0 Å². The molecule has 0 radical (unpaired) electrons. The number of rotatable bonds is 6. The molecule has 0 bridgehead atoms. The fourth-order valence-corrected chi connectivity index (χ4v) is 2.84. The number of nitrogens with zero attached hydrogens (tertiary/aromatic N) is 2. The Morgan fingerprint density at radius 1 is 1.39 bits per heavy atom. The van der Waals surface area contributed by atoms with Crippen LogP contribution in [0.1, 0.15) is 49.4 Å². The standard InChI is InChI=1S/C16H21ClN4OS/c1-4-21-14(19-20-16(21)23)13(9-10(2)3)18-15(22)11-5-7-12(17)8-6-11/h5-8,10,13H,4,9H2,1-3H3,(H,18,22)(H,20,23)/t13-/m1/s1. The SMILES string of the molecule is CCn1c([C@@H](CC(C)C)NC(=O)c2ccc(Cl)cc2)n[nH]c1=S. The molecule has 0 fully saturated rings. The normalized spacial score (nSPS) is 12.4. The lowest BCUT2D eigenvalue weighted by Gasteiger charge is -2.20. The average Bonchev–Trinajstić information content (AvgIpc) is 2.87. The first-order valence-corrected chi connectivity index (χ1v) is 8.42. The zero-order valence-electron chi connectivity index (χ0n) is 13.5. The van der Waals surface area contributed by atoms with Crippen LogP contribution in [0.3, 0.4) is 0 Å². The number of nitrogens with one attached hydrogen (secondary N) is 2. The monoisotopic (exact) mass is 352 g/mol. The molecular weight excluding hydrogens is 332 g/mol. The van der Waals surface area contributed by atoms with Crippen LogP contribution in [0.25, 0.3) is 0 Å². The zero-order valence-corrected chi connectivity index (χ0v) is 15.0. The van der Waals surface area contributed by atoms with Crippen molar-refractivity contribution in [3.63, 3.8) is 0 Å². The number of hydrogen-bond acceptors (Lipinski definition) is 3. The van der Waals surface area contributed by atoms with Crippen molar-refractivity contribution in [2.45, 2.75) is 39.8 Å². The second kappa shape index (κ2) is 7.75. The predicted molar refractivity (Wildman–Crippen MR) is 94.2 cm³/mol. The van der Waals surface area contributed by atoms with E-state index in [9.17, 15) is 4.79 Å². The van der Waals surface area contributed by atoms with Gasteiger partial charge in [0.25, 0.3) is 5.91 Å². The van der Waals surface area contributed by atoms with Gasteiger partial charge >= 0.3 is 0 Å². The van der Waals surface area contributed by atoms with Crippen molar-refractivity contribution in [1.29, 1.82) is 0 Å². The summed E-state index contributed by atoms with van der Waals surface area (Å²) in [5, 5.41) is 10.8. The maximum absolute atomic E-state index is 12.5. The Kier molecular flexibility index (Phi) is 5.96. The maximum Gasteiger partial charge on any atom is 0.251 e. The molecule has 1 heterocycles. The lowest BCUT2D eigenvalue weighted by molar-refractivity contribution is 0.0929. The van der Waals surface area contributed by atoms with Gasteiger partial charge in [-0.1, -0.05) is 25.4 Å². The topological polar surface area (TPSA) is 62.7 Å². The number of aromatic nitrogens is 3. The Bertz CT molecular complexity index is 720. The molecule has 2 aromatic rings. The van der Waals surface area contributed by atoms with E-state index in [0.29, 0.717) is 27.8 Å². The first kappa shape index (κ1) is 17.7. The third-order valence-electron chi connectivity index (χ3n) is 3.53. The molecule has 1 aromatic carbocycles. The third kappa shape index (κ3) is 4.42. The van der Waals surface area contributed by atoms with Crippen LogP contribution in [-0.2, 0) is 6.54 Å². The van der Waals surface area contributed by atoms with Gasteiger partial charge in [-0.3, -0.25) is 9.89 Å². The van der Waals surface area contributed by atoms with Gasteiger partial charge in [0, 0.05) is 17.1 Å². The van der Waals surface area contributed by atoms with Crippen molar-refractivity contribution >= 4 is 29.7 Å². The van der Waals surface area contributed by atoms with Crippen LogP contribution in [0.15, 0.2) is 24.3 Å². The van der Waals surface area contributed by atoms with E-state index < -0.39 is 0 Å². The van der Waals surface area contributed by atoms with Gasteiger partial charge in [-0.2, -0.15) is 5.10 Å². The minimum absolute atomic E-state index is 0.149. The van der Waals surface area contributed by atoms with Gasteiger partial charge in [-0.25, -0.2) is 0 Å². The molecule has 0 saturated heterocycles. The Morgan fingerprint density at radius 3 is 2.61 bits per heavy atom. The highest BCUT2D eigenvalue weighted by molar-refractivity contribution is 7.71. The van der Waals surface area contributed by atoms with E-state index >= 15 is 0 Å². The van der Waals surface area contributed by atoms with E-state index in [4.69, 9.17) is 23.8 Å². The zero-order chi connectivity index (χ0) is 17.0. The smallest absolute Gasteiger partial charge is 0.251 e.